The molecule has 1 unspecified atom stereocenters. The van der Waals surface area contributed by atoms with Gasteiger partial charge >= 0.3 is 0 Å². The minimum Gasteiger partial charge on any atom is -0.330 e. The number of imidazole rings is 1. The summed E-state index contributed by atoms with van der Waals surface area (Å²) in [5.41, 5.74) is 0.259. The fraction of sp³-hybridized carbons (Fsp3) is 0.846. The molecule has 5 fully saturated rings. The van der Waals surface area contributed by atoms with Gasteiger partial charge in [-0.3, -0.25) is 4.79 Å². The predicted molar refractivity (Wildman–Crippen MR) is 114 cm³/mol. The second-order valence-corrected chi connectivity index (χ2v) is 12.0. The molecule has 5 saturated carbocycles. The number of hydrogen-bond acceptors (Lipinski definition) is 2. The maximum Gasteiger partial charge on any atom is 0.156 e. The SMILES string of the molecule is C[C@H]1CC[C@H]2[C@H](CC[C@H]3C4[C@@H]5[C@H](C)[C@@H]5[C@H](C(=O)Cn5ccnc5)[C@@]4(C)CC[C@H]23)C1. The highest BCUT2D eigenvalue weighted by Crippen LogP contribution is 2.76. The number of carbonyl (C=O) groups is 1. The van der Waals surface area contributed by atoms with Crippen molar-refractivity contribution < 1.29 is 4.79 Å². The molecule has 0 radical (unpaired) electrons. The van der Waals surface area contributed by atoms with Crippen LogP contribution in [0, 0.1) is 64.6 Å². The van der Waals surface area contributed by atoms with Crippen LogP contribution in [0.5, 0.6) is 0 Å². The molecule has 11 atom stereocenters. The lowest BCUT2D eigenvalue weighted by Gasteiger charge is -2.57. The molecule has 0 aliphatic heterocycles. The average molecular weight is 395 g/mol. The van der Waals surface area contributed by atoms with E-state index in [-0.39, 0.29) is 5.41 Å². The summed E-state index contributed by atoms with van der Waals surface area (Å²) < 4.78 is 1.99. The van der Waals surface area contributed by atoms with Crippen LogP contribution in [0.1, 0.15) is 65.7 Å². The van der Waals surface area contributed by atoms with E-state index >= 15 is 0 Å². The Morgan fingerprint density at radius 2 is 1.90 bits per heavy atom. The monoisotopic (exact) mass is 394 g/mol. The van der Waals surface area contributed by atoms with Crippen molar-refractivity contribution in [2.24, 2.45) is 64.6 Å². The highest BCUT2D eigenvalue weighted by atomic mass is 16.1. The van der Waals surface area contributed by atoms with E-state index in [2.05, 4.69) is 25.8 Å². The van der Waals surface area contributed by atoms with Crippen LogP contribution in [0.4, 0.5) is 0 Å². The standard InChI is InChI=1S/C26H38N2O/c1-15-4-6-18-17(12-15)5-7-20-19(18)8-9-26(3)24(20)22-16(2)23(22)25(26)21(29)13-28-11-10-27-14-28/h10-11,14-20,22-25H,4-9,12-13H2,1-3H3/t15-,16-,17+,18-,19+,20+,22+,23-,24?,25-,26-/m0/s1. The summed E-state index contributed by atoms with van der Waals surface area (Å²) in [5.74, 6) is 8.72. The van der Waals surface area contributed by atoms with Crippen LogP contribution in [-0.2, 0) is 11.3 Å². The maximum absolute atomic E-state index is 13.5. The van der Waals surface area contributed by atoms with E-state index in [0.29, 0.717) is 24.2 Å². The number of fused-ring (bicyclic) bond motifs is 7. The van der Waals surface area contributed by atoms with Gasteiger partial charge in [0.1, 0.15) is 0 Å². The summed E-state index contributed by atoms with van der Waals surface area (Å²) in [6.45, 7) is 7.98. The Balaban J connectivity index is 1.28. The van der Waals surface area contributed by atoms with Crippen molar-refractivity contribution in [3.63, 3.8) is 0 Å². The molecule has 0 saturated heterocycles. The van der Waals surface area contributed by atoms with Crippen LogP contribution in [0.15, 0.2) is 18.7 Å². The van der Waals surface area contributed by atoms with Crippen LogP contribution < -0.4 is 0 Å². The quantitative estimate of drug-likeness (QED) is 0.682. The van der Waals surface area contributed by atoms with Crippen molar-refractivity contribution in [2.75, 3.05) is 0 Å². The summed E-state index contributed by atoms with van der Waals surface area (Å²) in [6, 6.07) is 0. The topological polar surface area (TPSA) is 34.9 Å². The Bertz CT molecular complexity index is 787. The average Bonchev–Trinajstić information content (AvgIpc) is 3.06. The smallest absolute Gasteiger partial charge is 0.156 e. The fourth-order valence-electron chi connectivity index (χ4n) is 9.75. The summed E-state index contributed by atoms with van der Waals surface area (Å²) in [6.07, 6.45) is 15.6. The van der Waals surface area contributed by atoms with E-state index in [1.54, 1.807) is 6.20 Å². The van der Waals surface area contributed by atoms with Gasteiger partial charge in [-0.15, -0.1) is 0 Å². The zero-order valence-electron chi connectivity index (χ0n) is 18.5. The number of aromatic nitrogens is 2. The van der Waals surface area contributed by atoms with E-state index < -0.39 is 0 Å². The van der Waals surface area contributed by atoms with Gasteiger partial charge in [0.2, 0.25) is 0 Å². The highest BCUT2D eigenvalue weighted by molar-refractivity contribution is 5.83. The first-order valence-electron chi connectivity index (χ1n) is 12.5. The van der Waals surface area contributed by atoms with Gasteiger partial charge in [-0.2, -0.15) is 0 Å². The van der Waals surface area contributed by atoms with Gasteiger partial charge in [-0.1, -0.05) is 27.2 Å². The number of rotatable bonds is 3. The zero-order valence-corrected chi connectivity index (χ0v) is 18.5. The Hall–Kier alpha value is -1.12. The third-order valence-electron chi connectivity index (χ3n) is 10.8. The number of ketones is 1. The van der Waals surface area contributed by atoms with E-state index in [4.69, 9.17) is 0 Å². The predicted octanol–water partition coefficient (Wildman–Crippen LogP) is 5.46. The molecule has 3 heteroatoms. The first-order valence-corrected chi connectivity index (χ1v) is 12.5. The molecule has 5 aliphatic carbocycles. The molecule has 0 aromatic carbocycles. The second-order valence-electron chi connectivity index (χ2n) is 12.0. The molecule has 158 valence electrons. The summed E-state index contributed by atoms with van der Waals surface area (Å²) >= 11 is 0. The molecule has 0 bridgehead atoms. The van der Waals surface area contributed by atoms with Crippen LogP contribution in [0.2, 0.25) is 0 Å². The third-order valence-corrected chi connectivity index (χ3v) is 10.8. The lowest BCUT2D eigenvalue weighted by atomic mass is 9.47. The van der Waals surface area contributed by atoms with Crippen LogP contribution >= 0.6 is 0 Å². The molecular formula is C26H38N2O. The molecule has 3 nitrogen and oxygen atoms in total. The lowest BCUT2D eigenvalue weighted by molar-refractivity contribution is -0.135. The van der Waals surface area contributed by atoms with Gasteiger partial charge in [0.15, 0.2) is 5.78 Å². The first kappa shape index (κ1) is 18.6. The minimum absolute atomic E-state index is 0.259. The van der Waals surface area contributed by atoms with E-state index in [0.717, 1.165) is 47.3 Å². The van der Waals surface area contributed by atoms with Gasteiger partial charge in [0.05, 0.1) is 12.9 Å². The number of nitrogens with zero attached hydrogens (tertiary/aromatic N) is 2. The third kappa shape index (κ3) is 2.61. The van der Waals surface area contributed by atoms with E-state index in [9.17, 15) is 4.79 Å². The molecule has 6 rings (SSSR count). The van der Waals surface area contributed by atoms with Crippen molar-refractivity contribution >= 4 is 5.78 Å². The molecule has 1 aromatic rings. The first-order chi connectivity index (χ1) is 14.0. The Morgan fingerprint density at radius 1 is 1.07 bits per heavy atom. The van der Waals surface area contributed by atoms with Crippen molar-refractivity contribution in [3.8, 4) is 0 Å². The van der Waals surface area contributed by atoms with Crippen molar-refractivity contribution in [2.45, 2.75) is 72.3 Å². The Kier molecular flexibility index (Phi) is 4.14. The van der Waals surface area contributed by atoms with E-state index in [1.807, 2.05) is 17.1 Å². The van der Waals surface area contributed by atoms with Gasteiger partial charge in [-0.25, -0.2) is 4.98 Å². The van der Waals surface area contributed by atoms with Crippen LogP contribution in [0.3, 0.4) is 0 Å². The molecule has 1 aromatic heterocycles. The lowest BCUT2D eigenvalue weighted by Crippen LogP contribution is -2.51. The molecule has 0 amide bonds. The summed E-state index contributed by atoms with van der Waals surface area (Å²) in [5, 5.41) is 0. The Labute approximate surface area is 176 Å². The minimum atomic E-state index is 0.259. The van der Waals surface area contributed by atoms with Gasteiger partial charge < -0.3 is 4.57 Å². The normalized spacial score (nSPS) is 52.8. The van der Waals surface area contributed by atoms with Crippen LogP contribution in [0.25, 0.3) is 0 Å². The van der Waals surface area contributed by atoms with Gasteiger partial charge in [0.25, 0.3) is 0 Å². The molecule has 0 N–H and O–H groups in total. The van der Waals surface area contributed by atoms with Gasteiger partial charge in [-0.05, 0) is 97.2 Å². The summed E-state index contributed by atoms with van der Waals surface area (Å²) in [7, 11) is 0. The van der Waals surface area contributed by atoms with Crippen LogP contribution in [-0.4, -0.2) is 15.3 Å². The zero-order chi connectivity index (χ0) is 19.9. The second kappa shape index (κ2) is 6.44. The molecular weight excluding hydrogens is 356 g/mol. The molecule has 0 spiro atoms. The highest BCUT2D eigenvalue weighted by Gasteiger charge is 2.73. The van der Waals surface area contributed by atoms with Crippen molar-refractivity contribution in [1.82, 2.24) is 9.55 Å². The molecule has 5 aliphatic rings. The fourth-order valence-corrected chi connectivity index (χ4v) is 9.75. The van der Waals surface area contributed by atoms with E-state index in [1.165, 1.54) is 44.9 Å². The maximum atomic E-state index is 13.5. The molecule has 29 heavy (non-hydrogen) atoms. The number of hydrogen-bond donors (Lipinski definition) is 0. The molecule has 1 heterocycles. The van der Waals surface area contributed by atoms with Crippen molar-refractivity contribution in [1.29, 1.82) is 0 Å². The van der Waals surface area contributed by atoms with Gasteiger partial charge in [0, 0.05) is 18.3 Å². The van der Waals surface area contributed by atoms with Crippen molar-refractivity contribution in [3.05, 3.63) is 18.7 Å². The largest absolute Gasteiger partial charge is 0.330 e. The summed E-state index contributed by atoms with van der Waals surface area (Å²) in [4.78, 5) is 17.7. The number of carbonyl (C=O) groups excluding carboxylic acids is 1. The number of Topliss-reactive ketones (excluding diaryl/α,β-unsaturated/α-hetero) is 1. The Morgan fingerprint density at radius 3 is 2.69 bits per heavy atom.